The lowest BCUT2D eigenvalue weighted by Crippen LogP contribution is -2.42. The Balaban J connectivity index is 2.64. The number of nitrogens with zero attached hydrogens (tertiary/aromatic N) is 1. The van der Waals surface area contributed by atoms with Crippen LogP contribution in [0.1, 0.15) is 32.5 Å². The first-order valence-corrected chi connectivity index (χ1v) is 7.47. The topological polar surface area (TPSA) is 59.1 Å². The van der Waals surface area contributed by atoms with Gasteiger partial charge in [-0.05, 0) is 32.9 Å². The normalized spacial score (nSPS) is 14.6. The highest BCUT2D eigenvalue weighted by atomic mass is 32.2. The molecular weight excluding hydrogens is 236 g/mol. The van der Waals surface area contributed by atoms with E-state index in [0.29, 0.717) is 6.54 Å². The van der Waals surface area contributed by atoms with Crippen molar-refractivity contribution in [1.82, 2.24) is 10.3 Å². The summed E-state index contributed by atoms with van der Waals surface area (Å²) < 4.78 is 22.3. The van der Waals surface area contributed by atoms with E-state index in [2.05, 4.69) is 10.3 Å². The van der Waals surface area contributed by atoms with Crippen molar-refractivity contribution in [1.29, 1.82) is 0 Å². The Morgan fingerprint density at radius 2 is 2.06 bits per heavy atom. The molecule has 0 radical (unpaired) electrons. The van der Waals surface area contributed by atoms with Gasteiger partial charge in [0, 0.05) is 25.0 Å². The van der Waals surface area contributed by atoms with Crippen LogP contribution in [0.3, 0.4) is 0 Å². The van der Waals surface area contributed by atoms with Crippen LogP contribution in [0.5, 0.6) is 0 Å². The minimum atomic E-state index is -3.06. The molecule has 1 unspecified atom stereocenters. The highest BCUT2D eigenvalue weighted by Gasteiger charge is 2.30. The van der Waals surface area contributed by atoms with Gasteiger partial charge in [-0.15, -0.1) is 0 Å². The van der Waals surface area contributed by atoms with Crippen LogP contribution in [0.15, 0.2) is 24.4 Å². The molecule has 1 aromatic heterocycles. The monoisotopic (exact) mass is 256 g/mol. The lowest BCUT2D eigenvalue weighted by atomic mass is 10.1. The highest BCUT2D eigenvalue weighted by molar-refractivity contribution is 7.92. The van der Waals surface area contributed by atoms with Gasteiger partial charge in [0.2, 0.25) is 0 Å². The lowest BCUT2D eigenvalue weighted by molar-refractivity contribution is 0.484. The minimum absolute atomic E-state index is 0.0391. The molecule has 1 N–H and O–H groups in total. The summed E-state index contributed by atoms with van der Waals surface area (Å²) in [6.45, 7) is 5.82. The van der Waals surface area contributed by atoms with Gasteiger partial charge < -0.3 is 5.32 Å². The molecule has 1 atom stereocenters. The maximum absolute atomic E-state index is 11.5. The summed E-state index contributed by atoms with van der Waals surface area (Å²) in [6, 6.07) is 5.74. The smallest absolute Gasteiger partial charge is 0.153 e. The molecule has 1 heterocycles. The Morgan fingerprint density at radius 3 is 2.53 bits per heavy atom. The summed E-state index contributed by atoms with van der Waals surface area (Å²) in [5, 5.41) is 3.20. The third kappa shape index (κ3) is 3.78. The van der Waals surface area contributed by atoms with Crippen molar-refractivity contribution >= 4 is 9.84 Å². The molecule has 0 aliphatic carbocycles. The Hall–Kier alpha value is -0.940. The van der Waals surface area contributed by atoms with E-state index in [1.165, 1.54) is 6.26 Å². The van der Waals surface area contributed by atoms with E-state index in [1.807, 2.05) is 25.1 Å². The van der Waals surface area contributed by atoms with Crippen molar-refractivity contribution in [2.24, 2.45) is 0 Å². The van der Waals surface area contributed by atoms with Gasteiger partial charge in [0.1, 0.15) is 0 Å². The highest BCUT2D eigenvalue weighted by Crippen LogP contribution is 2.16. The summed E-state index contributed by atoms with van der Waals surface area (Å²) in [5.41, 5.74) is 0.914. The van der Waals surface area contributed by atoms with Crippen LogP contribution in [-0.2, 0) is 9.84 Å². The number of nitrogens with one attached hydrogen (secondary N) is 1. The zero-order chi connectivity index (χ0) is 13.1. The number of hydrogen-bond donors (Lipinski definition) is 1. The SMILES string of the molecule is CC(NCC(C)(C)S(C)(=O)=O)c1ccccn1. The maximum Gasteiger partial charge on any atom is 0.153 e. The first kappa shape index (κ1) is 14.1. The molecule has 0 aromatic carbocycles. The van der Waals surface area contributed by atoms with Gasteiger partial charge >= 0.3 is 0 Å². The predicted octanol–water partition coefficient (Wildman–Crippen LogP) is 1.56. The Kier molecular flexibility index (Phi) is 4.27. The molecule has 17 heavy (non-hydrogen) atoms. The van der Waals surface area contributed by atoms with Crippen molar-refractivity contribution < 1.29 is 8.42 Å². The third-order valence-corrected chi connectivity index (χ3v) is 5.12. The van der Waals surface area contributed by atoms with Crippen LogP contribution in [0, 0.1) is 0 Å². The summed E-state index contributed by atoms with van der Waals surface area (Å²) in [5.74, 6) is 0. The fraction of sp³-hybridized carbons (Fsp3) is 0.583. The van der Waals surface area contributed by atoms with Gasteiger partial charge in [0.15, 0.2) is 9.84 Å². The van der Waals surface area contributed by atoms with E-state index in [-0.39, 0.29) is 6.04 Å². The van der Waals surface area contributed by atoms with Crippen LogP contribution in [-0.4, -0.2) is 30.9 Å². The summed E-state index contributed by atoms with van der Waals surface area (Å²) >= 11 is 0. The molecule has 0 bridgehead atoms. The second-order valence-corrected chi connectivity index (χ2v) is 7.54. The molecule has 96 valence electrons. The van der Waals surface area contributed by atoms with E-state index < -0.39 is 14.6 Å². The average molecular weight is 256 g/mol. The third-order valence-electron chi connectivity index (χ3n) is 2.97. The fourth-order valence-corrected chi connectivity index (χ4v) is 1.61. The second-order valence-electron chi connectivity index (χ2n) is 4.89. The molecule has 0 fully saturated rings. The Morgan fingerprint density at radius 1 is 1.41 bits per heavy atom. The molecule has 4 nitrogen and oxygen atoms in total. The largest absolute Gasteiger partial charge is 0.307 e. The zero-order valence-electron chi connectivity index (χ0n) is 10.8. The van der Waals surface area contributed by atoms with Gasteiger partial charge in [-0.25, -0.2) is 8.42 Å². The number of aromatic nitrogens is 1. The van der Waals surface area contributed by atoms with E-state index in [1.54, 1.807) is 20.0 Å². The zero-order valence-corrected chi connectivity index (χ0v) is 11.6. The molecule has 0 aliphatic rings. The maximum atomic E-state index is 11.5. The van der Waals surface area contributed by atoms with Gasteiger partial charge in [0.05, 0.1) is 10.4 Å². The van der Waals surface area contributed by atoms with Crippen molar-refractivity contribution in [3.8, 4) is 0 Å². The Labute approximate surface area is 103 Å². The molecule has 0 spiro atoms. The quantitative estimate of drug-likeness (QED) is 0.868. The van der Waals surface area contributed by atoms with Gasteiger partial charge in [0.25, 0.3) is 0 Å². The molecule has 0 saturated carbocycles. The van der Waals surface area contributed by atoms with Crippen LogP contribution >= 0.6 is 0 Å². The van der Waals surface area contributed by atoms with E-state index >= 15 is 0 Å². The van der Waals surface area contributed by atoms with Crippen LogP contribution in [0.2, 0.25) is 0 Å². The molecule has 1 aromatic rings. The summed E-state index contributed by atoms with van der Waals surface area (Å²) in [4.78, 5) is 4.23. The second kappa shape index (κ2) is 5.14. The van der Waals surface area contributed by atoms with Crippen molar-refractivity contribution in [3.63, 3.8) is 0 Å². The molecular formula is C12H20N2O2S. The summed E-state index contributed by atoms with van der Waals surface area (Å²) in [7, 11) is -3.06. The first-order chi connectivity index (χ1) is 7.74. The van der Waals surface area contributed by atoms with Crippen molar-refractivity contribution in [2.75, 3.05) is 12.8 Å². The standard InChI is InChI=1S/C12H20N2O2S/c1-10(11-7-5-6-8-13-11)14-9-12(2,3)17(4,15)16/h5-8,10,14H,9H2,1-4H3. The lowest BCUT2D eigenvalue weighted by Gasteiger charge is -2.25. The molecule has 0 amide bonds. The van der Waals surface area contributed by atoms with Crippen molar-refractivity contribution in [3.05, 3.63) is 30.1 Å². The number of pyridine rings is 1. The molecule has 0 aliphatic heterocycles. The molecule has 5 heteroatoms. The average Bonchev–Trinajstić information content (AvgIpc) is 2.25. The van der Waals surface area contributed by atoms with Crippen molar-refractivity contribution in [2.45, 2.75) is 31.6 Å². The van der Waals surface area contributed by atoms with Crippen LogP contribution in [0.4, 0.5) is 0 Å². The Bertz CT molecular complexity index is 455. The minimum Gasteiger partial charge on any atom is -0.307 e. The fourth-order valence-electron chi connectivity index (χ4n) is 1.27. The van der Waals surface area contributed by atoms with E-state index in [0.717, 1.165) is 5.69 Å². The van der Waals surface area contributed by atoms with Crippen LogP contribution < -0.4 is 5.32 Å². The van der Waals surface area contributed by atoms with Gasteiger partial charge in [-0.2, -0.15) is 0 Å². The van der Waals surface area contributed by atoms with E-state index in [4.69, 9.17) is 0 Å². The number of sulfone groups is 1. The van der Waals surface area contributed by atoms with Gasteiger partial charge in [-0.3, -0.25) is 4.98 Å². The van der Waals surface area contributed by atoms with Gasteiger partial charge in [-0.1, -0.05) is 6.07 Å². The molecule has 1 rings (SSSR count). The first-order valence-electron chi connectivity index (χ1n) is 5.58. The predicted molar refractivity (Wildman–Crippen MR) is 69.6 cm³/mol. The number of rotatable bonds is 5. The number of hydrogen-bond acceptors (Lipinski definition) is 4. The van der Waals surface area contributed by atoms with Crippen LogP contribution in [0.25, 0.3) is 0 Å². The summed E-state index contributed by atoms with van der Waals surface area (Å²) in [6.07, 6.45) is 3.00. The molecule has 0 saturated heterocycles. The van der Waals surface area contributed by atoms with E-state index in [9.17, 15) is 8.42 Å².